The summed E-state index contributed by atoms with van der Waals surface area (Å²) in [6.45, 7) is 6.40. The molecule has 0 saturated carbocycles. The SMILES string of the molecule is CCC(CCN)CCC(=O)NCC1(C)CCCO1. The Bertz CT molecular complexity index is 250. The fourth-order valence-corrected chi connectivity index (χ4v) is 2.47. The van der Waals surface area contributed by atoms with Crippen molar-refractivity contribution in [1.29, 1.82) is 0 Å². The third-order valence-corrected chi connectivity index (χ3v) is 3.89. The zero-order valence-corrected chi connectivity index (χ0v) is 11.8. The Morgan fingerprint density at radius 1 is 1.50 bits per heavy atom. The maximum absolute atomic E-state index is 11.8. The minimum absolute atomic E-state index is 0.141. The van der Waals surface area contributed by atoms with Crippen molar-refractivity contribution in [3.8, 4) is 0 Å². The second-order valence-corrected chi connectivity index (χ2v) is 5.57. The molecule has 4 nitrogen and oxygen atoms in total. The van der Waals surface area contributed by atoms with Crippen LogP contribution in [0.25, 0.3) is 0 Å². The normalized spacial score (nSPS) is 25.1. The lowest BCUT2D eigenvalue weighted by Crippen LogP contribution is -2.40. The fourth-order valence-electron chi connectivity index (χ4n) is 2.47. The molecule has 0 aromatic carbocycles. The molecule has 2 atom stereocenters. The number of nitrogens with two attached hydrogens (primary N) is 1. The van der Waals surface area contributed by atoms with Gasteiger partial charge in [-0.2, -0.15) is 0 Å². The Balaban J connectivity index is 2.17. The van der Waals surface area contributed by atoms with Gasteiger partial charge in [-0.1, -0.05) is 13.3 Å². The van der Waals surface area contributed by atoms with E-state index in [4.69, 9.17) is 10.5 Å². The van der Waals surface area contributed by atoms with Crippen molar-refractivity contribution in [2.75, 3.05) is 19.7 Å². The highest BCUT2D eigenvalue weighted by molar-refractivity contribution is 5.75. The summed E-state index contributed by atoms with van der Waals surface area (Å²) in [6.07, 6.45) is 5.81. The number of carbonyl (C=O) groups is 1. The van der Waals surface area contributed by atoms with Crippen molar-refractivity contribution in [1.82, 2.24) is 5.32 Å². The third-order valence-electron chi connectivity index (χ3n) is 3.89. The van der Waals surface area contributed by atoms with E-state index < -0.39 is 0 Å². The van der Waals surface area contributed by atoms with Crippen LogP contribution in [0.5, 0.6) is 0 Å². The van der Waals surface area contributed by atoms with Gasteiger partial charge < -0.3 is 15.8 Å². The van der Waals surface area contributed by atoms with E-state index in [1.807, 2.05) is 0 Å². The van der Waals surface area contributed by atoms with Crippen LogP contribution in [0.3, 0.4) is 0 Å². The molecule has 18 heavy (non-hydrogen) atoms. The maximum Gasteiger partial charge on any atom is 0.220 e. The number of hydrogen-bond donors (Lipinski definition) is 2. The molecule has 1 rings (SSSR count). The van der Waals surface area contributed by atoms with Crippen LogP contribution in [0.2, 0.25) is 0 Å². The van der Waals surface area contributed by atoms with E-state index in [1.165, 1.54) is 0 Å². The number of carbonyl (C=O) groups excluding carboxylic acids is 1. The summed E-state index contributed by atoms with van der Waals surface area (Å²) < 4.78 is 5.64. The van der Waals surface area contributed by atoms with Crippen molar-refractivity contribution >= 4 is 5.91 Å². The third kappa shape index (κ3) is 5.36. The average Bonchev–Trinajstić information content (AvgIpc) is 2.79. The quantitative estimate of drug-likeness (QED) is 0.696. The first kappa shape index (κ1) is 15.4. The molecule has 0 aliphatic carbocycles. The fraction of sp³-hybridized carbons (Fsp3) is 0.929. The van der Waals surface area contributed by atoms with Crippen molar-refractivity contribution in [2.45, 2.75) is 58.0 Å². The Labute approximate surface area is 111 Å². The van der Waals surface area contributed by atoms with Gasteiger partial charge in [-0.05, 0) is 45.1 Å². The van der Waals surface area contributed by atoms with Crippen LogP contribution in [-0.2, 0) is 9.53 Å². The van der Waals surface area contributed by atoms with Crippen molar-refractivity contribution in [2.24, 2.45) is 11.7 Å². The lowest BCUT2D eigenvalue weighted by molar-refractivity contribution is -0.122. The Morgan fingerprint density at radius 3 is 2.83 bits per heavy atom. The van der Waals surface area contributed by atoms with E-state index in [1.54, 1.807) is 0 Å². The monoisotopic (exact) mass is 256 g/mol. The molecule has 1 aliphatic rings. The first-order chi connectivity index (χ1) is 8.59. The minimum atomic E-state index is -0.142. The lowest BCUT2D eigenvalue weighted by Gasteiger charge is -2.23. The van der Waals surface area contributed by atoms with Crippen LogP contribution in [0, 0.1) is 5.92 Å². The van der Waals surface area contributed by atoms with Crippen molar-refractivity contribution in [3.05, 3.63) is 0 Å². The lowest BCUT2D eigenvalue weighted by atomic mass is 9.96. The molecule has 1 aliphatic heterocycles. The zero-order chi connectivity index (χ0) is 13.4. The predicted molar refractivity (Wildman–Crippen MR) is 73.3 cm³/mol. The Morgan fingerprint density at radius 2 is 2.28 bits per heavy atom. The number of rotatable bonds is 8. The molecule has 0 radical (unpaired) electrons. The van der Waals surface area contributed by atoms with Crippen LogP contribution >= 0.6 is 0 Å². The molecule has 0 aromatic heterocycles. The van der Waals surface area contributed by atoms with E-state index >= 15 is 0 Å². The summed E-state index contributed by atoms with van der Waals surface area (Å²) in [5.74, 6) is 0.723. The molecular weight excluding hydrogens is 228 g/mol. The zero-order valence-electron chi connectivity index (χ0n) is 11.8. The first-order valence-electron chi connectivity index (χ1n) is 7.20. The van der Waals surface area contributed by atoms with Crippen LogP contribution in [0.1, 0.15) is 52.4 Å². The largest absolute Gasteiger partial charge is 0.373 e. The number of amides is 1. The number of nitrogens with one attached hydrogen (secondary N) is 1. The van der Waals surface area contributed by atoms with Gasteiger partial charge in [0.25, 0.3) is 0 Å². The van der Waals surface area contributed by atoms with Gasteiger partial charge in [-0.15, -0.1) is 0 Å². The van der Waals surface area contributed by atoms with Gasteiger partial charge in [0, 0.05) is 19.6 Å². The molecule has 3 N–H and O–H groups in total. The number of ether oxygens (including phenoxy) is 1. The highest BCUT2D eigenvalue weighted by atomic mass is 16.5. The Hall–Kier alpha value is -0.610. The summed E-state index contributed by atoms with van der Waals surface area (Å²) in [5, 5.41) is 2.99. The van der Waals surface area contributed by atoms with Gasteiger partial charge >= 0.3 is 0 Å². The van der Waals surface area contributed by atoms with Crippen LogP contribution < -0.4 is 11.1 Å². The van der Waals surface area contributed by atoms with Gasteiger partial charge in [0.2, 0.25) is 5.91 Å². The smallest absolute Gasteiger partial charge is 0.220 e. The molecule has 1 fully saturated rings. The second-order valence-electron chi connectivity index (χ2n) is 5.57. The van der Waals surface area contributed by atoms with E-state index in [2.05, 4.69) is 19.2 Å². The molecular formula is C14H28N2O2. The second kappa shape index (κ2) is 7.74. The Kier molecular flexibility index (Phi) is 6.65. The first-order valence-corrected chi connectivity index (χ1v) is 7.20. The van der Waals surface area contributed by atoms with E-state index in [9.17, 15) is 4.79 Å². The van der Waals surface area contributed by atoms with E-state index in [0.29, 0.717) is 25.4 Å². The van der Waals surface area contributed by atoms with Crippen LogP contribution in [-0.4, -0.2) is 31.2 Å². The van der Waals surface area contributed by atoms with Crippen LogP contribution in [0.15, 0.2) is 0 Å². The standard InChI is InChI=1S/C14H28N2O2/c1-3-12(7-9-15)5-6-13(17)16-11-14(2)8-4-10-18-14/h12H,3-11,15H2,1-2H3,(H,16,17). The molecule has 1 saturated heterocycles. The highest BCUT2D eigenvalue weighted by Crippen LogP contribution is 2.24. The van der Waals surface area contributed by atoms with Gasteiger partial charge in [0.1, 0.15) is 0 Å². The van der Waals surface area contributed by atoms with E-state index in [-0.39, 0.29) is 11.5 Å². The molecule has 2 unspecified atom stereocenters. The predicted octanol–water partition coefficient (Wildman–Crippen LogP) is 1.83. The summed E-state index contributed by atoms with van der Waals surface area (Å²) >= 11 is 0. The van der Waals surface area contributed by atoms with Crippen molar-refractivity contribution in [3.63, 3.8) is 0 Å². The molecule has 0 bridgehead atoms. The molecule has 0 aromatic rings. The van der Waals surface area contributed by atoms with Gasteiger partial charge in [-0.25, -0.2) is 0 Å². The summed E-state index contributed by atoms with van der Waals surface area (Å²) in [7, 11) is 0. The molecule has 1 amide bonds. The molecule has 1 heterocycles. The average molecular weight is 256 g/mol. The maximum atomic E-state index is 11.8. The summed E-state index contributed by atoms with van der Waals surface area (Å²) in [5.41, 5.74) is 5.41. The van der Waals surface area contributed by atoms with E-state index in [0.717, 1.165) is 38.7 Å². The van der Waals surface area contributed by atoms with Gasteiger partial charge in [-0.3, -0.25) is 4.79 Å². The van der Waals surface area contributed by atoms with Crippen molar-refractivity contribution < 1.29 is 9.53 Å². The molecule has 0 spiro atoms. The highest BCUT2D eigenvalue weighted by Gasteiger charge is 2.29. The summed E-state index contributed by atoms with van der Waals surface area (Å²) in [6, 6.07) is 0. The minimum Gasteiger partial charge on any atom is -0.373 e. The molecule has 106 valence electrons. The molecule has 4 heteroatoms. The topological polar surface area (TPSA) is 64.4 Å². The van der Waals surface area contributed by atoms with Crippen LogP contribution in [0.4, 0.5) is 0 Å². The van der Waals surface area contributed by atoms with Gasteiger partial charge in [0.15, 0.2) is 0 Å². The summed E-state index contributed by atoms with van der Waals surface area (Å²) in [4.78, 5) is 11.8. The number of hydrogen-bond acceptors (Lipinski definition) is 3. The van der Waals surface area contributed by atoms with Gasteiger partial charge in [0.05, 0.1) is 5.60 Å².